The van der Waals surface area contributed by atoms with E-state index in [9.17, 15) is 4.79 Å². The van der Waals surface area contributed by atoms with Gasteiger partial charge in [-0.25, -0.2) is 4.79 Å². The first-order chi connectivity index (χ1) is 5.29. The van der Waals surface area contributed by atoms with Gasteiger partial charge in [0.15, 0.2) is 0 Å². The summed E-state index contributed by atoms with van der Waals surface area (Å²) >= 11 is 0. The first-order valence-electron chi connectivity index (χ1n) is 3.25. The van der Waals surface area contributed by atoms with E-state index in [1.165, 1.54) is 0 Å². The number of aliphatic carboxylic acids is 1. The quantitative estimate of drug-likeness (QED) is 0.622. The Bertz CT molecular complexity index is 267. The molecule has 3 heteroatoms. The molecular weight excluding hydrogens is 228 g/mol. The predicted molar refractivity (Wildman–Crippen MR) is 48.9 cm³/mol. The molecule has 1 rings (SSSR count). The summed E-state index contributed by atoms with van der Waals surface area (Å²) in [6.07, 6.45) is 2.68. The van der Waals surface area contributed by atoms with E-state index in [1.807, 2.05) is 30.3 Å². The number of carboxylic acids is 1. The van der Waals surface area contributed by atoms with E-state index in [2.05, 4.69) is 0 Å². The number of hydrogen-bond acceptors (Lipinski definition) is 1. The van der Waals surface area contributed by atoms with Crippen LogP contribution in [0.1, 0.15) is 5.56 Å². The van der Waals surface area contributed by atoms with Crippen LogP contribution in [0.4, 0.5) is 0 Å². The molecule has 0 unspecified atom stereocenters. The van der Waals surface area contributed by atoms with Gasteiger partial charge >= 0.3 is 5.97 Å². The van der Waals surface area contributed by atoms with Crippen molar-refractivity contribution in [2.45, 2.75) is 0 Å². The van der Waals surface area contributed by atoms with Crippen molar-refractivity contribution >= 4 is 57.5 Å². The molecule has 0 fully saturated rings. The molecule has 1 N–H and O–H groups in total. The van der Waals surface area contributed by atoms with Crippen molar-refractivity contribution in [1.82, 2.24) is 0 Å². The predicted octanol–water partition coefficient (Wildman–Crippen LogP) is 1.40. The van der Waals surface area contributed by atoms with Gasteiger partial charge in [-0.2, -0.15) is 0 Å². The third kappa shape index (κ3) is 4.72. The van der Waals surface area contributed by atoms with Crippen LogP contribution < -0.4 is 0 Å². The first-order valence-corrected chi connectivity index (χ1v) is 3.25. The second-order valence-electron chi connectivity index (χ2n) is 2.08. The SMILES string of the molecule is O=C(O)C=Cc1ccccc1.[Sr]. The van der Waals surface area contributed by atoms with Crippen LogP contribution in [0.15, 0.2) is 36.4 Å². The Hall–Kier alpha value is -0.0895. The topological polar surface area (TPSA) is 37.3 Å². The number of hydrogen-bond donors (Lipinski definition) is 1. The standard InChI is InChI=1S/C9H8O2.Sr/c10-9(11)7-6-8-4-2-1-3-5-8;/h1-7H,(H,10,11);. The molecule has 0 aliphatic rings. The average molecular weight is 236 g/mol. The normalized spacial score (nSPS) is 9.33. The zero-order valence-electron chi connectivity index (χ0n) is 6.60. The summed E-state index contributed by atoms with van der Waals surface area (Å²) in [5.41, 5.74) is 0.898. The maximum Gasteiger partial charge on any atom is 0.328 e. The van der Waals surface area contributed by atoms with Gasteiger partial charge in [-0.05, 0) is 11.6 Å². The van der Waals surface area contributed by atoms with Crippen molar-refractivity contribution in [3.05, 3.63) is 42.0 Å². The molecule has 58 valence electrons. The molecule has 1 aromatic rings. The van der Waals surface area contributed by atoms with Gasteiger partial charge in [0.25, 0.3) is 0 Å². The second kappa shape index (κ2) is 6.43. The maximum atomic E-state index is 10.1. The molecule has 0 saturated heterocycles. The van der Waals surface area contributed by atoms with Gasteiger partial charge in [0.05, 0.1) is 0 Å². The van der Waals surface area contributed by atoms with Gasteiger partial charge in [-0.15, -0.1) is 0 Å². The van der Waals surface area contributed by atoms with E-state index < -0.39 is 5.97 Å². The van der Waals surface area contributed by atoms with Crippen LogP contribution in [0, 0.1) is 0 Å². The van der Waals surface area contributed by atoms with Gasteiger partial charge in [0.1, 0.15) is 0 Å². The Morgan fingerprint density at radius 1 is 1.25 bits per heavy atom. The average Bonchev–Trinajstić information content (AvgIpc) is 2.03. The fraction of sp³-hybridized carbons (Fsp3) is 0. The summed E-state index contributed by atoms with van der Waals surface area (Å²) in [4.78, 5) is 10.1. The summed E-state index contributed by atoms with van der Waals surface area (Å²) in [6, 6.07) is 9.31. The van der Waals surface area contributed by atoms with Crippen LogP contribution in [0.2, 0.25) is 0 Å². The summed E-state index contributed by atoms with van der Waals surface area (Å²) < 4.78 is 0. The van der Waals surface area contributed by atoms with Gasteiger partial charge in [-0.3, -0.25) is 0 Å². The van der Waals surface area contributed by atoms with E-state index in [1.54, 1.807) is 6.08 Å². The third-order valence-corrected chi connectivity index (χ3v) is 1.22. The molecule has 0 heterocycles. The molecule has 2 nitrogen and oxygen atoms in total. The summed E-state index contributed by atoms with van der Waals surface area (Å²) in [5.74, 6) is -0.922. The minimum atomic E-state index is -0.922. The minimum absolute atomic E-state index is 0. The fourth-order valence-electron chi connectivity index (χ4n) is 0.732. The van der Waals surface area contributed by atoms with E-state index in [0.717, 1.165) is 11.6 Å². The Kier molecular flexibility index (Phi) is 6.38. The van der Waals surface area contributed by atoms with Crippen molar-refractivity contribution in [3.63, 3.8) is 0 Å². The van der Waals surface area contributed by atoms with Crippen molar-refractivity contribution in [1.29, 1.82) is 0 Å². The number of carbonyl (C=O) groups is 1. The van der Waals surface area contributed by atoms with Crippen molar-refractivity contribution in [3.8, 4) is 0 Å². The molecule has 0 spiro atoms. The molecule has 2 radical (unpaired) electrons. The summed E-state index contributed by atoms with van der Waals surface area (Å²) in [5, 5.41) is 8.29. The molecule has 12 heavy (non-hydrogen) atoms. The Balaban J connectivity index is 0.00000121. The third-order valence-electron chi connectivity index (χ3n) is 1.22. The molecule has 1 aromatic carbocycles. The molecule has 0 bridgehead atoms. The molecular formula is C9H8O2Sr. The van der Waals surface area contributed by atoms with Crippen molar-refractivity contribution in [2.75, 3.05) is 0 Å². The summed E-state index contributed by atoms with van der Waals surface area (Å²) in [6.45, 7) is 0. The van der Waals surface area contributed by atoms with Gasteiger partial charge < -0.3 is 5.11 Å². The van der Waals surface area contributed by atoms with Crippen LogP contribution in [0.5, 0.6) is 0 Å². The van der Waals surface area contributed by atoms with Crippen LogP contribution in [0.3, 0.4) is 0 Å². The zero-order valence-corrected chi connectivity index (χ0v) is 10.1. The fourth-order valence-corrected chi connectivity index (χ4v) is 0.732. The second-order valence-corrected chi connectivity index (χ2v) is 2.08. The Labute approximate surface area is 108 Å². The van der Waals surface area contributed by atoms with E-state index >= 15 is 0 Å². The van der Waals surface area contributed by atoms with Gasteiger partial charge in [-0.1, -0.05) is 30.3 Å². The number of rotatable bonds is 2. The van der Waals surface area contributed by atoms with Crippen LogP contribution in [-0.2, 0) is 4.79 Å². The van der Waals surface area contributed by atoms with Gasteiger partial charge in [0, 0.05) is 51.6 Å². The van der Waals surface area contributed by atoms with Gasteiger partial charge in [0.2, 0.25) is 0 Å². The van der Waals surface area contributed by atoms with Crippen LogP contribution in [0.25, 0.3) is 6.08 Å². The number of benzene rings is 1. The number of carboxylic acid groups (broad SMARTS) is 1. The first kappa shape index (κ1) is 11.9. The van der Waals surface area contributed by atoms with Crippen LogP contribution in [-0.4, -0.2) is 56.6 Å². The molecule has 0 atom stereocenters. The molecule has 0 aromatic heterocycles. The zero-order chi connectivity index (χ0) is 8.10. The van der Waals surface area contributed by atoms with Crippen LogP contribution >= 0.6 is 0 Å². The molecule has 0 amide bonds. The van der Waals surface area contributed by atoms with E-state index in [0.29, 0.717) is 0 Å². The molecule has 0 aliphatic heterocycles. The monoisotopic (exact) mass is 236 g/mol. The Morgan fingerprint density at radius 2 is 1.83 bits per heavy atom. The maximum absolute atomic E-state index is 10.1. The van der Waals surface area contributed by atoms with Crippen molar-refractivity contribution < 1.29 is 9.90 Å². The smallest absolute Gasteiger partial charge is 0.328 e. The molecule has 0 saturated carbocycles. The molecule has 0 aliphatic carbocycles. The van der Waals surface area contributed by atoms with E-state index in [-0.39, 0.29) is 45.5 Å². The largest absolute Gasteiger partial charge is 0.478 e. The minimum Gasteiger partial charge on any atom is -0.478 e. The van der Waals surface area contributed by atoms with Crippen molar-refractivity contribution in [2.24, 2.45) is 0 Å². The Morgan fingerprint density at radius 3 is 2.33 bits per heavy atom. The van der Waals surface area contributed by atoms with E-state index in [4.69, 9.17) is 5.11 Å². The summed E-state index contributed by atoms with van der Waals surface area (Å²) in [7, 11) is 0.